The van der Waals surface area contributed by atoms with Crippen molar-refractivity contribution in [3.63, 3.8) is 0 Å². The van der Waals surface area contributed by atoms with Gasteiger partial charge < -0.3 is 5.32 Å². The van der Waals surface area contributed by atoms with Crippen LogP contribution >= 0.6 is 11.3 Å². The Morgan fingerprint density at radius 3 is 2.63 bits per heavy atom. The van der Waals surface area contributed by atoms with E-state index in [9.17, 15) is 8.42 Å². The Morgan fingerprint density at radius 1 is 1.42 bits per heavy atom. The highest BCUT2D eigenvalue weighted by Gasteiger charge is 2.28. The van der Waals surface area contributed by atoms with E-state index in [0.29, 0.717) is 17.5 Å². The molecule has 0 radical (unpaired) electrons. The van der Waals surface area contributed by atoms with E-state index in [2.05, 4.69) is 23.9 Å². The number of hydrogen-bond acceptors (Lipinski definition) is 4. The van der Waals surface area contributed by atoms with E-state index >= 15 is 0 Å². The lowest BCUT2D eigenvalue weighted by molar-refractivity contribution is 0.383. The summed E-state index contributed by atoms with van der Waals surface area (Å²) in [6.07, 6.45) is 3.04. The number of aryl methyl sites for hydroxylation is 1. The fourth-order valence-electron chi connectivity index (χ4n) is 2.07. The lowest BCUT2D eigenvalue weighted by Gasteiger charge is -2.26. The molecule has 1 heterocycles. The number of rotatable bonds is 6. The molecule has 6 heteroatoms. The van der Waals surface area contributed by atoms with Crippen LogP contribution in [0.5, 0.6) is 0 Å². The maximum absolute atomic E-state index is 12.5. The number of thiophene rings is 1. The van der Waals surface area contributed by atoms with Crippen LogP contribution < -0.4 is 10.0 Å². The van der Waals surface area contributed by atoms with Gasteiger partial charge in [-0.3, -0.25) is 0 Å². The second-order valence-corrected chi connectivity index (χ2v) is 8.07. The Bertz CT molecular complexity index is 531. The van der Waals surface area contributed by atoms with Gasteiger partial charge >= 0.3 is 0 Å². The van der Waals surface area contributed by atoms with Crippen LogP contribution in [0.25, 0.3) is 0 Å². The number of hydrogen-bond donors (Lipinski definition) is 2. The summed E-state index contributed by atoms with van der Waals surface area (Å²) < 4.78 is 27.7. The summed E-state index contributed by atoms with van der Waals surface area (Å²) in [6, 6.07) is 0.479. The molecular weight excluding hydrogens is 280 g/mol. The lowest BCUT2D eigenvalue weighted by Crippen LogP contribution is -2.39. The molecular formula is C13H22N2O2S2. The van der Waals surface area contributed by atoms with Gasteiger partial charge in [0.1, 0.15) is 4.90 Å². The normalized spacial score (nSPS) is 16.8. The van der Waals surface area contributed by atoms with Crippen LogP contribution in [-0.4, -0.2) is 20.5 Å². The molecule has 0 atom stereocenters. The zero-order valence-corrected chi connectivity index (χ0v) is 13.3. The van der Waals surface area contributed by atoms with Crippen LogP contribution in [0.4, 0.5) is 0 Å². The van der Waals surface area contributed by atoms with E-state index in [-0.39, 0.29) is 6.04 Å². The van der Waals surface area contributed by atoms with Crippen molar-refractivity contribution < 1.29 is 8.42 Å². The topological polar surface area (TPSA) is 58.2 Å². The second-order valence-electron chi connectivity index (χ2n) is 5.46. The summed E-state index contributed by atoms with van der Waals surface area (Å²) in [5.74, 6) is 0. The zero-order chi connectivity index (χ0) is 14.0. The van der Waals surface area contributed by atoms with Crippen molar-refractivity contribution in [3.05, 3.63) is 15.8 Å². The third kappa shape index (κ3) is 3.56. The maximum Gasteiger partial charge on any atom is 0.242 e. The maximum atomic E-state index is 12.5. The summed E-state index contributed by atoms with van der Waals surface area (Å²) in [6.45, 7) is 6.59. The number of nitrogens with one attached hydrogen (secondary N) is 2. The minimum absolute atomic E-state index is 0.134. The van der Waals surface area contributed by atoms with Crippen LogP contribution in [0.2, 0.25) is 0 Å². The second kappa shape index (κ2) is 5.91. The van der Waals surface area contributed by atoms with Gasteiger partial charge in [0, 0.05) is 23.5 Å². The summed E-state index contributed by atoms with van der Waals surface area (Å²) in [5, 5.41) is 5.21. The molecule has 1 fully saturated rings. The monoisotopic (exact) mass is 302 g/mol. The van der Waals surface area contributed by atoms with Gasteiger partial charge in [-0.05, 0) is 30.7 Å². The minimum Gasteiger partial charge on any atom is -0.310 e. The fourth-order valence-corrected chi connectivity index (χ4v) is 5.14. The van der Waals surface area contributed by atoms with Crippen molar-refractivity contribution >= 4 is 21.4 Å². The molecule has 0 bridgehead atoms. The highest BCUT2D eigenvalue weighted by atomic mass is 32.2. The highest BCUT2D eigenvalue weighted by Crippen LogP contribution is 2.29. The average Bonchev–Trinajstić information content (AvgIpc) is 2.63. The van der Waals surface area contributed by atoms with Crippen LogP contribution in [0.3, 0.4) is 0 Å². The predicted octanol–water partition coefficient (Wildman–Crippen LogP) is 2.39. The van der Waals surface area contributed by atoms with Crippen molar-refractivity contribution in [2.45, 2.75) is 63.6 Å². The number of sulfonamides is 1. The van der Waals surface area contributed by atoms with Gasteiger partial charge in [0.2, 0.25) is 10.0 Å². The van der Waals surface area contributed by atoms with Crippen molar-refractivity contribution in [2.75, 3.05) is 0 Å². The Labute approximate surface area is 119 Å². The Hall–Kier alpha value is -0.430. The molecule has 0 amide bonds. The molecule has 108 valence electrons. The third-order valence-electron chi connectivity index (χ3n) is 3.36. The SMILES string of the molecule is Cc1csc(CNC(C)C)c1S(=O)(=O)NC1CCC1. The summed E-state index contributed by atoms with van der Waals surface area (Å²) in [5.41, 5.74) is 0.845. The van der Waals surface area contributed by atoms with Gasteiger partial charge in [-0.25, -0.2) is 13.1 Å². The van der Waals surface area contributed by atoms with Crippen LogP contribution in [0.15, 0.2) is 10.3 Å². The van der Waals surface area contributed by atoms with Gasteiger partial charge in [0.25, 0.3) is 0 Å². The van der Waals surface area contributed by atoms with Crippen molar-refractivity contribution in [1.29, 1.82) is 0 Å². The van der Waals surface area contributed by atoms with Gasteiger partial charge in [-0.1, -0.05) is 20.3 Å². The van der Waals surface area contributed by atoms with E-state index in [4.69, 9.17) is 0 Å². The van der Waals surface area contributed by atoms with Crippen LogP contribution in [-0.2, 0) is 16.6 Å². The summed E-state index contributed by atoms with van der Waals surface area (Å²) >= 11 is 1.52. The first-order valence-corrected chi connectivity index (χ1v) is 9.09. The molecule has 2 rings (SSSR count). The smallest absolute Gasteiger partial charge is 0.242 e. The third-order valence-corrected chi connectivity index (χ3v) is 6.34. The molecule has 1 aromatic heterocycles. The average molecular weight is 302 g/mol. The van der Waals surface area contributed by atoms with Crippen molar-refractivity contribution in [2.24, 2.45) is 0 Å². The molecule has 1 aliphatic rings. The first kappa shape index (κ1) is 15.0. The van der Waals surface area contributed by atoms with E-state index in [1.54, 1.807) is 0 Å². The van der Waals surface area contributed by atoms with E-state index < -0.39 is 10.0 Å². The van der Waals surface area contributed by atoms with E-state index in [0.717, 1.165) is 29.7 Å². The van der Waals surface area contributed by atoms with Crippen LogP contribution in [0.1, 0.15) is 43.6 Å². The molecule has 4 nitrogen and oxygen atoms in total. The summed E-state index contributed by atoms with van der Waals surface area (Å²) in [7, 11) is -3.37. The largest absolute Gasteiger partial charge is 0.310 e. The molecule has 0 spiro atoms. The van der Waals surface area contributed by atoms with Gasteiger partial charge in [0.05, 0.1) is 0 Å². The predicted molar refractivity (Wildman–Crippen MR) is 79.0 cm³/mol. The Morgan fingerprint density at radius 2 is 2.11 bits per heavy atom. The molecule has 1 saturated carbocycles. The zero-order valence-electron chi connectivity index (χ0n) is 11.7. The minimum atomic E-state index is -3.37. The first-order valence-electron chi connectivity index (χ1n) is 6.73. The van der Waals surface area contributed by atoms with Gasteiger partial charge in [0.15, 0.2) is 0 Å². The first-order chi connectivity index (χ1) is 8.90. The molecule has 0 unspecified atom stereocenters. The molecule has 1 aromatic rings. The quantitative estimate of drug-likeness (QED) is 0.848. The molecule has 0 aromatic carbocycles. The standard InChI is InChI=1S/C13H22N2O2S2/c1-9(2)14-7-12-13(10(3)8-18-12)19(16,17)15-11-5-4-6-11/h8-9,11,14-15H,4-7H2,1-3H3. The van der Waals surface area contributed by atoms with E-state index in [1.165, 1.54) is 11.3 Å². The molecule has 2 N–H and O–H groups in total. The van der Waals surface area contributed by atoms with Crippen molar-refractivity contribution in [3.8, 4) is 0 Å². The molecule has 0 aliphatic heterocycles. The lowest BCUT2D eigenvalue weighted by atomic mass is 9.94. The molecule has 0 saturated heterocycles. The summed E-state index contributed by atoms with van der Waals surface area (Å²) in [4.78, 5) is 1.38. The molecule has 1 aliphatic carbocycles. The Kier molecular flexibility index (Phi) is 4.66. The Balaban J connectivity index is 2.19. The fraction of sp³-hybridized carbons (Fsp3) is 0.692. The van der Waals surface area contributed by atoms with Crippen molar-refractivity contribution in [1.82, 2.24) is 10.0 Å². The van der Waals surface area contributed by atoms with E-state index in [1.807, 2.05) is 12.3 Å². The highest BCUT2D eigenvalue weighted by molar-refractivity contribution is 7.89. The van der Waals surface area contributed by atoms with Gasteiger partial charge in [-0.2, -0.15) is 0 Å². The van der Waals surface area contributed by atoms with Crippen LogP contribution in [0, 0.1) is 6.92 Å². The van der Waals surface area contributed by atoms with Gasteiger partial charge in [-0.15, -0.1) is 11.3 Å². The molecule has 19 heavy (non-hydrogen) atoms.